The molecule has 0 atom stereocenters. The van der Waals surface area contributed by atoms with E-state index in [0.717, 1.165) is 0 Å². The van der Waals surface area contributed by atoms with Crippen molar-refractivity contribution in [1.82, 2.24) is 4.90 Å². The van der Waals surface area contributed by atoms with Crippen LogP contribution in [0.3, 0.4) is 0 Å². The molecule has 1 N–H and O–H groups in total. The molecule has 7 heteroatoms. The highest BCUT2D eigenvalue weighted by Gasteiger charge is 2.28. The first kappa shape index (κ1) is 16.9. The lowest BCUT2D eigenvalue weighted by Gasteiger charge is -2.34. The zero-order valence-electron chi connectivity index (χ0n) is 11.9. The van der Waals surface area contributed by atoms with Crippen LogP contribution in [-0.4, -0.2) is 47.7 Å². The van der Waals surface area contributed by atoms with E-state index in [0.29, 0.717) is 30.5 Å². The van der Waals surface area contributed by atoms with Gasteiger partial charge in [-0.2, -0.15) is 0 Å². The Labute approximate surface area is 136 Å². The van der Waals surface area contributed by atoms with Gasteiger partial charge in [0.25, 0.3) is 5.91 Å². The van der Waals surface area contributed by atoms with Crippen LogP contribution in [0.15, 0.2) is 22.7 Å². The van der Waals surface area contributed by atoms with Crippen LogP contribution in [0.1, 0.15) is 29.6 Å². The highest BCUT2D eigenvalue weighted by Crippen LogP contribution is 2.22. The van der Waals surface area contributed by atoms with Gasteiger partial charge in [-0.1, -0.05) is 15.9 Å². The molecule has 1 amide bonds. The minimum atomic E-state index is -0.987. The van der Waals surface area contributed by atoms with Gasteiger partial charge in [0.05, 0.1) is 12.0 Å². The largest absolute Gasteiger partial charge is 0.481 e. The van der Waals surface area contributed by atoms with Crippen LogP contribution >= 0.6 is 15.9 Å². The van der Waals surface area contributed by atoms with E-state index < -0.39 is 17.7 Å². The van der Waals surface area contributed by atoms with Crippen LogP contribution in [0.25, 0.3) is 0 Å². The summed E-state index contributed by atoms with van der Waals surface area (Å²) in [5.74, 6) is -2.08. The molecule has 2 rings (SSSR count). The normalized spacial score (nSPS) is 15.5. The average Bonchev–Trinajstić information content (AvgIpc) is 2.50. The molecule has 1 heterocycles. The molecule has 0 aromatic heterocycles. The topological polar surface area (TPSA) is 66.8 Å². The number of amides is 1. The quantitative estimate of drug-likeness (QED) is 0.861. The number of ether oxygens (including phenoxy) is 1. The molecule has 0 unspecified atom stereocenters. The van der Waals surface area contributed by atoms with Gasteiger partial charge >= 0.3 is 5.97 Å². The van der Waals surface area contributed by atoms with Crippen LogP contribution < -0.4 is 0 Å². The summed E-state index contributed by atoms with van der Waals surface area (Å²) < 4.78 is 19.8. The molecule has 1 aromatic carbocycles. The Morgan fingerprint density at radius 2 is 2.05 bits per heavy atom. The van der Waals surface area contributed by atoms with Crippen molar-refractivity contribution in [2.75, 3.05) is 19.8 Å². The molecular weight excluding hydrogens is 357 g/mol. The molecule has 0 radical (unpaired) electrons. The molecule has 0 aliphatic carbocycles. The van der Waals surface area contributed by atoms with Crippen LogP contribution in [0.5, 0.6) is 0 Å². The first-order valence-electron chi connectivity index (χ1n) is 7.04. The lowest BCUT2D eigenvalue weighted by atomic mass is 10.0. The highest BCUT2D eigenvalue weighted by molar-refractivity contribution is 9.10. The number of carboxylic acid groups (broad SMARTS) is 1. The van der Waals surface area contributed by atoms with E-state index in [1.54, 1.807) is 0 Å². The van der Waals surface area contributed by atoms with E-state index >= 15 is 0 Å². The third-order valence-corrected chi connectivity index (χ3v) is 4.11. The van der Waals surface area contributed by atoms with Gasteiger partial charge < -0.3 is 14.7 Å². The second kappa shape index (κ2) is 7.69. The standard InChI is InChI=1S/C15H17BrFNO4/c16-10-1-2-13(17)12(9-10)15(21)18(6-3-14(19)20)11-4-7-22-8-5-11/h1-2,9,11H,3-8H2,(H,19,20). The van der Waals surface area contributed by atoms with Crippen molar-refractivity contribution >= 4 is 27.8 Å². The first-order valence-corrected chi connectivity index (χ1v) is 7.84. The molecule has 0 saturated carbocycles. The van der Waals surface area contributed by atoms with Crippen molar-refractivity contribution in [2.24, 2.45) is 0 Å². The summed E-state index contributed by atoms with van der Waals surface area (Å²) in [5.41, 5.74) is -0.0498. The molecule has 22 heavy (non-hydrogen) atoms. The third-order valence-electron chi connectivity index (χ3n) is 3.62. The smallest absolute Gasteiger partial charge is 0.305 e. The lowest BCUT2D eigenvalue weighted by Crippen LogP contribution is -2.44. The van der Waals surface area contributed by atoms with Gasteiger partial charge in [0.2, 0.25) is 0 Å². The molecule has 0 bridgehead atoms. The maximum atomic E-state index is 13.9. The summed E-state index contributed by atoms with van der Waals surface area (Å²) >= 11 is 3.22. The van der Waals surface area contributed by atoms with E-state index in [4.69, 9.17) is 9.84 Å². The van der Waals surface area contributed by atoms with Crippen molar-refractivity contribution in [3.05, 3.63) is 34.1 Å². The van der Waals surface area contributed by atoms with Crippen LogP contribution in [0.4, 0.5) is 4.39 Å². The molecule has 1 aliphatic rings. The number of carboxylic acids is 1. The maximum Gasteiger partial charge on any atom is 0.305 e. The summed E-state index contributed by atoms with van der Waals surface area (Å²) in [4.78, 5) is 24.9. The Bertz CT molecular complexity index is 560. The fourth-order valence-corrected chi connectivity index (χ4v) is 2.84. The number of benzene rings is 1. The Morgan fingerprint density at radius 1 is 1.36 bits per heavy atom. The van der Waals surface area contributed by atoms with Crippen molar-refractivity contribution in [3.8, 4) is 0 Å². The number of hydrogen-bond acceptors (Lipinski definition) is 3. The summed E-state index contributed by atoms with van der Waals surface area (Å²) in [6.45, 7) is 1.09. The van der Waals surface area contributed by atoms with Crippen LogP contribution in [0, 0.1) is 5.82 Å². The Kier molecular flexibility index (Phi) is 5.90. The second-order valence-corrected chi connectivity index (χ2v) is 6.03. The highest BCUT2D eigenvalue weighted by atomic mass is 79.9. The summed E-state index contributed by atoms with van der Waals surface area (Å²) in [6, 6.07) is 4.03. The summed E-state index contributed by atoms with van der Waals surface area (Å²) in [6.07, 6.45) is 1.08. The van der Waals surface area contributed by atoms with Crippen LogP contribution in [-0.2, 0) is 9.53 Å². The molecule has 1 fully saturated rings. The van der Waals surface area contributed by atoms with E-state index in [-0.39, 0.29) is 24.6 Å². The zero-order chi connectivity index (χ0) is 16.1. The fourth-order valence-electron chi connectivity index (χ4n) is 2.48. The second-order valence-electron chi connectivity index (χ2n) is 5.11. The van der Waals surface area contributed by atoms with E-state index in [2.05, 4.69) is 15.9 Å². The Morgan fingerprint density at radius 3 is 2.68 bits per heavy atom. The van der Waals surface area contributed by atoms with Crippen molar-refractivity contribution < 1.29 is 23.8 Å². The number of nitrogens with zero attached hydrogens (tertiary/aromatic N) is 1. The van der Waals surface area contributed by atoms with Crippen molar-refractivity contribution in [3.63, 3.8) is 0 Å². The predicted octanol–water partition coefficient (Wildman–Crippen LogP) is 2.68. The average molecular weight is 374 g/mol. The lowest BCUT2D eigenvalue weighted by molar-refractivity contribution is -0.137. The Balaban J connectivity index is 2.23. The van der Waals surface area contributed by atoms with Gasteiger partial charge in [-0.05, 0) is 31.0 Å². The number of aliphatic carboxylic acids is 1. The monoisotopic (exact) mass is 373 g/mol. The fraction of sp³-hybridized carbons (Fsp3) is 0.467. The SMILES string of the molecule is O=C(O)CCN(C(=O)c1cc(Br)ccc1F)C1CCOCC1. The number of halogens is 2. The Hall–Kier alpha value is -1.47. The van der Waals surface area contributed by atoms with Gasteiger partial charge in [-0.25, -0.2) is 4.39 Å². The number of rotatable bonds is 5. The van der Waals surface area contributed by atoms with Gasteiger partial charge in [0.1, 0.15) is 5.82 Å². The first-order chi connectivity index (χ1) is 10.5. The molecule has 120 valence electrons. The molecule has 1 aliphatic heterocycles. The summed E-state index contributed by atoms with van der Waals surface area (Å²) in [5, 5.41) is 8.87. The molecule has 5 nitrogen and oxygen atoms in total. The molecular formula is C15H17BrFNO4. The van der Waals surface area contributed by atoms with Crippen LogP contribution in [0.2, 0.25) is 0 Å². The predicted molar refractivity (Wildman–Crippen MR) is 81.2 cm³/mol. The van der Waals surface area contributed by atoms with E-state index in [1.165, 1.54) is 23.1 Å². The van der Waals surface area contributed by atoms with Gasteiger partial charge in [-0.3, -0.25) is 9.59 Å². The van der Waals surface area contributed by atoms with Crippen molar-refractivity contribution in [1.29, 1.82) is 0 Å². The molecule has 1 aromatic rings. The number of carbonyl (C=O) groups is 2. The minimum Gasteiger partial charge on any atom is -0.481 e. The van der Waals surface area contributed by atoms with Gasteiger partial charge in [0, 0.05) is 30.3 Å². The summed E-state index contributed by atoms with van der Waals surface area (Å²) in [7, 11) is 0. The van der Waals surface area contributed by atoms with Crippen molar-refractivity contribution in [2.45, 2.75) is 25.3 Å². The van der Waals surface area contributed by atoms with Gasteiger partial charge in [-0.15, -0.1) is 0 Å². The van der Waals surface area contributed by atoms with Gasteiger partial charge in [0.15, 0.2) is 0 Å². The maximum absolute atomic E-state index is 13.9. The zero-order valence-corrected chi connectivity index (χ0v) is 13.5. The minimum absolute atomic E-state index is 0.0498. The number of hydrogen-bond donors (Lipinski definition) is 1. The third kappa shape index (κ3) is 4.27. The van der Waals surface area contributed by atoms with E-state index in [9.17, 15) is 14.0 Å². The molecule has 0 spiro atoms. The molecule has 1 saturated heterocycles. The van der Waals surface area contributed by atoms with E-state index in [1.807, 2.05) is 0 Å². The number of carbonyl (C=O) groups excluding carboxylic acids is 1.